The van der Waals surface area contributed by atoms with Gasteiger partial charge in [0, 0.05) is 29.2 Å². The highest BCUT2D eigenvalue weighted by Gasteiger charge is 2.24. The van der Waals surface area contributed by atoms with Crippen LogP contribution in [0.15, 0.2) is 45.9 Å². The quantitative estimate of drug-likeness (QED) is 0.397. The minimum atomic E-state index is -0.404. The lowest BCUT2D eigenvalue weighted by atomic mass is 9.98. The SMILES string of the molecule is CN=C(N)N(CCCN1CCCC1)C(=O)c1cccc(F)c1CCc1cc(Br)ccc1OC. The van der Waals surface area contributed by atoms with Crippen LogP contribution in [0, 0.1) is 5.82 Å². The fourth-order valence-electron chi connectivity index (χ4n) is 4.26. The van der Waals surface area contributed by atoms with Gasteiger partial charge in [0.25, 0.3) is 5.91 Å². The molecule has 0 atom stereocenters. The fourth-order valence-corrected chi connectivity index (χ4v) is 4.67. The summed E-state index contributed by atoms with van der Waals surface area (Å²) in [6, 6.07) is 10.3. The first kappa shape index (κ1) is 25.2. The Morgan fingerprint density at radius 1 is 1.24 bits per heavy atom. The molecule has 1 aliphatic rings. The first-order chi connectivity index (χ1) is 15.9. The second-order valence-corrected chi connectivity index (χ2v) is 9.08. The number of guanidine groups is 1. The van der Waals surface area contributed by atoms with Crippen LogP contribution in [0.1, 0.15) is 40.7 Å². The lowest BCUT2D eigenvalue weighted by Crippen LogP contribution is -2.43. The Bertz CT molecular complexity index is 992. The van der Waals surface area contributed by atoms with Crippen molar-refractivity contribution in [3.05, 3.63) is 63.4 Å². The van der Waals surface area contributed by atoms with Crippen LogP contribution in [0.4, 0.5) is 4.39 Å². The zero-order valence-electron chi connectivity index (χ0n) is 19.3. The number of aryl methyl sites for hydroxylation is 1. The van der Waals surface area contributed by atoms with Crippen molar-refractivity contribution in [2.75, 3.05) is 40.3 Å². The van der Waals surface area contributed by atoms with Gasteiger partial charge in [0.05, 0.1) is 7.11 Å². The molecule has 0 bridgehead atoms. The Hall–Kier alpha value is -2.45. The highest BCUT2D eigenvalue weighted by Crippen LogP contribution is 2.26. The third-order valence-corrected chi connectivity index (χ3v) is 6.53. The maximum absolute atomic E-state index is 14.9. The molecule has 1 fully saturated rings. The lowest BCUT2D eigenvalue weighted by molar-refractivity contribution is 0.0839. The summed E-state index contributed by atoms with van der Waals surface area (Å²) in [5.41, 5.74) is 7.71. The fraction of sp³-hybridized carbons (Fsp3) is 0.440. The summed E-state index contributed by atoms with van der Waals surface area (Å²) in [5.74, 6) is 0.146. The number of methoxy groups -OCH3 is 1. The second kappa shape index (κ2) is 12.1. The van der Waals surface area contributed by atoms with E-state index in [1.807, 2.05) is 18.2 Å². The van der Waals surface area contributed by atoms with Crippen LogP contribution < -0.4 is 10.5 Å². The van der Waals surface area contributed by atoms with Crippen LogP contribution in [0.3, 0.4) is 0 Å². The van der Waals surface area contributed by atoms with Gasteiger partial charge in [-0.1, -0.05) is 22.0 Å². The molecule has 1 aliphatic heterocycles. The molecule has 1 heterocycles. The lowest BCUT2D eigenvalue weighted by Gasteiger charge is -2.24. The molecule has 0 unspecified atom stereocenters. The van der Waals surface area contributed by atoms with E-state index in [1.54, 1.807) is 26.3 Å². The largest absolute Gasteiger partial charge is 0.496 e. The number of benzene rings is 2. The van der Waals surface area contributed by atoms with E-state index in [2.05, 4.69) is 25.8 Å². The van der Waals surface area contributed by atoms with Crippen LogP contribution in [-0.2, 0) is 12.8 Å². The molecule has 2 aromatic carbocycles. The third-order valence-electron chi connectivity index (χ3n) is 6.04. The van der Waals surface area contributed by atoms with Crippen molar-refractivity contribution < 1.29 is 13.9 Å². The molecule has 1 saturated heterocycles. The highest BCUT2D eigenvalue weighted by atomic mass is 79.9. The van der Waals surface area contributed by atoms with Gasteiger partial charge in [0.2, 0.25) is 0 Å². The van der Waals surface area contributed by atoms with E-state index in [0.717, 1.165) is 41.8 Å². The van der Waals surface area contributed by atoms with Gasteiger partial charge in [0.15, 0.2) is 5.96 Å². The zero-order chi connectivity index (χ0) is 23.8. The molecule has 0 saturated carbocycles. The van der Waals surface area contributed by atoms with Gasteiger partial charge >= 0.3 is 0 Å². The van der Waals surface area contributed by atoms with Crippen molar-refractivity contribution in [3.8, 4) is 5.75 Å². The Labute approximate surface area is 203 Å². The number of nitrogens with two attached hydrogens (primary N) is 1. The molecule has 6 nitrogen and oxygen atoms in total. The summed E-state index contributed by atoms with van der Waals surface area (Å²) < 4.78 is 21.3. The van der Waals surface area contributed by atoms with Crippen molar-refractivity contribution in [3.63, 3.8) is 0 Å². The summed E-state index contributed by atoms with van der Waals surface area (Å²) in [6.45, 7) is 3.53. The molecule has 3 rings (SSSR count). The minimum Gasteiger partial charge on any atom is -0.496 e. The van der Waals surface area contributed by atoms with E-state index in [4.69, 9.17) is 10.5 Å². The van der Waals surface area contributed by atoms with Crippen molar-refractivity contribution in [1.82, 2.24) is 9.80 Å². The predicted molar refractivity (Wildman–Crippen MR) is 133 cm³/mol. The van der Waals surface area contributed by atoms with Crippen LogP contribution in [0.25, 0.3) is 0 Å². The van der Waals surface area contributed by atoms with Gasteiger partial charge in [-0.3, -0.25) is 14.7 Å². The van der Waals surface area contributed by atoms with Crippen LogP contribution in [0.5, 0.6) is 5.75 Å². The van der Waals surface area contributed by atoms with Crippen molar-refractivity contribution >= 4 is 27.8 Å². The van der Waals surface area contributed by atoms with Gasteiger partial charge in [0.1, 0.15) is 11.6 Å². The minimum absolute atomic E-state index is 0.144. The molecule has 2 N–H and O–H groups in total. The summed E-state index contributed by atoms with van der Waals surface area (Å²) >= 11 is 3.47. The van der Waals surface area contributed by atoms with E-state index in [-0.39, 0.29) is 11.9 Å². The zero-order valence-corrected chi connectivity index (χ0v) is 20.9. The first-order valence-corrected chi connectivity index (χ1v) is 12.1. The highest BCUT2D eigenvalue weighted by molar-refractivity contribution is 9.10. The average molecular weight is 519 g/mol. The second-order valence-electron chi connectivity index (χ2n) is 8.16. The van der Waals surface area contributed by atoms with Gasteiger partial charge in [-0.2, -0.15) is 0 Å². The Morgan fingerprint density at radius 2 is 2.00 bits per heavy atom. The number of likely N-dealkylation sites (tertiary alicyclic amines) is 1. The summed E-state index contributed by atoms with van der Waals surface area (Å²) in [5, 5.41) is 0. The molecule has 2 aromatic rings. The number of aliphatic imine (C=N–C) groups is 1. The standard InChI is InChI=1S/C25H32BrFN4O2/c1-29-25(28)31(16-6-15-30-13-3-4-14-30)24(32)21-7-5-8-22(27)20(21)11-9-18-17-19(26)10-12-23(18)33-2/h5,7-8,10,12,17H,3-4,6,9,11,13-16H2,1-2H3,(H2,28,29). The number of ether oxygens (including phenoxy) is 1. The number of hydrogen-bond acceptors (Lipinski definition) is 4. The summed E-state index contributed by atoms with van der Waals surface area (Å²) in [4.78, 5) is 21.4. The van der Waals surface area contributed by atoms with E-state index in [0.29, 0.717) is 30.5 Å². The summed E-state index contributed by atoms with van der Waals surface area (Å²) in [7, 11) is 3.17. The molecule has 0 aliphatic carbocycles. The smallest absolute Gasteiger partial charge is 0.260 e. The van der Waals surface area contributed by atoms with Crippen LogP contribution in [-0.4, -0.2) is 62.0 Å². The molecule has 0 aromatic heterocycles. The van der Waals surface area contributed by atoms with E-state index >= 15 is 0 Å². The van der Waals surface area contributed by atoms with Crippen molar-refractivity contribution in [1.29, 1.82) is 0 Å². The number of nitrogens with zero attached hydrogens (tertiary/aromatic N) is 3. The number of halogens is 2. The van der Waals surface area contributed by atoms with Crippen molar-refractivity contribution in [2.45, 2.75) is 32.1 Å². The van der Waals surface area contributed by atoms with E-state index < -0.39 is 5.82 Å². The number of hydrogen-bond donors (Lipinski definition) is 1. The summed E-state index contributed by atoms with van der Waals surface area (Å²) in [6.07, 6.45) is 4.09. The normalized spacial score (nSPS) is 14.5. The molecule has 0 radical (unpaired) electrons. The first-order valence-electron chi connectivity index (χ1n) is 11.3. The molecule has 8 heteroatoms. The topological polar surface area (TPSA) is 71.2 Å². The van der Waals surface area contributed by atoms with E-state index in [1.165, 1.54) is 23.8 Å². The van der Waals surface area contributed by atoms with Crippen LogP contribution >= 0.6 is 15.9 Å². The van der Waals surface area contributed by atoms with E-state index in [9.17, 15) is 9.18 Å². The molecule has 33 heavy (non-hydrogen) atoms. The molecule has 1 amide bonds. The number of rotatable bonds is 9. The van der Waals surface area contributed by atoms with Crippen LogP contribution in [0.2, 0.25) is 0 Å². The third kappa shape index (κ3) is 6.54. The van der Waals surface area contributed by atoms with Gasteiger partial charge in [-0.15, -0.1) is 0 Å². The Balaban J connectivity index is 1.79. The Kier molecular flexibility index (Phi) is 9.26. The Morgan fingerprint density at radius 3 is 2.70 bits per heavy atom. The molecule has 178 valence electrons. The number of amides is 1. The number of carbonyl (C=O) groups excluding carboxylic acids is 1. The van der Waals surface area contributed by atoms with Crippen molar-refractivity contribution in [2.24, 2.45) is 10.7 Å². The van der Waals surface area contributed by atoms with Gasteiger partial charge in [-0.05, 0) is 87.6 Å². The monoisotopic (exact) mass is 518 g/mol. The maximum Gasteiger partial charge on any atom is 0.260 e. The van der Waals surface area contributed by atoms with Gasteiger partial charge < -0.3 is 15.4 Å². The molecular weight excluding hydrogens is 487 g/mol. The molecular formula is C25H32BrFN4O2. The van der Waals surface area contributed by atoms with Gasteiger partial charge in [-0.25, -0.2) is 4.39 Å². The molecule has 0 spiro atoms. The maximum atomic E-state index is 14.9. The number of carbonyl (C=O) groups is 1. The average Bonchev–Trinajstić information content (AvgIpc) is 3.33. The predicted octanol–water partition coefficient (Wildman–Crippen LogP) is 4.25.